The summed E-state index contributed by atoms with van der Waals surface area (Å²) >= 11 is 0. The zero-order valence-corrected chi connectivity index (χ0v) is 6.71. The van der Waals surface area contributed by atoms with E-state index in [4.69, 9.17) is 5.11 Å². The number of rotatable bonds is 2. The molecule has 1 fully saturated rings. The van der Waals surface area contributed by atoms with Crippen LogP contribution in [-0.4, -0.2) is 21.8 Å². The molecule has 0 aromatic rings. The van der Waals surface area contributed by atoms with Crippen molar-refractivity contribution >= 4 is 5.97 Å². The first-order chi connectivity index (χ1) is 5.08. The van der Waals surface area contributed by atoms with Crippen molar-refractivity contribution in [2.24, 2.45) is 5.92 Å². The van der Waals surface area contributed by atoms with Crippen molar-refractivity contribution < 1.29 is 15.0 Å². The lowest BCUT2D eigenvalue weighted by Gasteiger charge is -2.15. The van der Waals surface area contributed by atoms with Crippen LogP contribution in [0.2, 0.25) is 0 Å². The van der Waals surface area contributed by atoms with Gasteiger partial charge in [0.25, 0.3) is 0 Å². The second-order valence-corrected chi connectivity index (χ2v) is 3.35. The van der Waals surface area contributed by atoms with E-state index in [2.05, 4.69) is 0 Å². The SMILES string of the molecule is CC[C@@H]1CC[C@](O)(C(=O)O)C1. The standard InChI is InChI=1S/C8H14O3/c1-2-6-3-4-8(11,5-6)7(9)10/h6,11H,2-5H2,1H3,(H,9,10)/t6-,8-/m1/s1. The number of carboxylic acids is 1. The Kier molecular flexibility index (Phi) is 2.18. The zero-order valence-electron chi connectivity index (χ0n) is 6.71. The number of hydrogen-bond donors (Lipinski definition) is 2. The molecule has 2 N–H and O–H groups in total. The monoisotopic (exact) mass is 158 g/mol. The first kappa shape index (κ1) is 8.53. The molecule has 1 aliphatic rings. The van der Waals surface area contributed by atoms with Gasteiger partial charge in [-0.25, -0.2) is 4.79 Å². The number of carboxylic acid groups (broad SMARTS) is 1. The van der Waals surface area contributed by atoms with Crippen LogP contribution in [0.25, 0.3) is 0 Å². The second kappa shape index (κ2) is 2.81. The summed E-state index contributed by atoms with van der Waals surface area (Å²) in [5.41, 5.74) is -1.42. The molecule has 1 rings (SSSR count). The second-order valence-electron chi connectivity index (χ2n) is 3.35. The first-order valence-corrected chi connectivity index (χ1v) is 4.04. The van der Waals surface area contributed by atoms with Crippen LogP contribution in [0.5, 0.6) is 0 Å². The van der Waals surface area contributed by atoms with Crippen molar-refractivity contribution in [2.75, 3.05) is 0 Å². The van der Waals surface area contributed by atoms with Crippen molar-refractivity contribution in [3.8, 4) is 0 Å². The van der Waals surface area contributed by atoms with Gasteiger partial charge in [0.05, 0.1) is 0 Å². The lowest BCUT2D eigenvalue weighted by atomic mass is 9.99. The third-order valence-corrected chi connectivity index (χ3v) is 2.57. The van der Waals surface area contributed by atoms with E-state index in [0.29, 0.717) is 18.8 Å². The van der Waals surface area contributed by atoms with Crippen molar-refractivity contribution in [2.45, 2.75) is 38.2 Å². The summed E-state index contributed by atoms with van der Waals surface area (Å²) in [6.07, 6.45) is 2.66. The lowest BCUT2D eigenvalue weighted by molar-refractivity contribution is -0.158. The normalized spacial score (nSPS) is 37.5. The number of aliphatic hydroxyl groups is 1. The Balaban J connectivity index is 2.57. The highest BCUT2D eigenvalue weighted by molar-refractivity contribution is 5.77. The molecule has 0 aromatic carbocycles. The highest BCUT2D eigenvalue weighted by atomic mass is 16.4. The van der Waals surface area contributed by atoms with Crippen molar-refractivity contribution in [1.29, 1.82) is 0 Å². The number of aliphatic carboxylic acids is 1. The maximum absolute atomic E-state index is 10.5. The minimum atomic E-state index is -1.42. The predicted molar refractivity (Wildman–Crippen MR) is 40.2 cm³/mol. The predicted octanol–water partition coefficient (Wildman–Crippen LogP) is 1.01. The summed E-state index contributed by atoms with van der Waals surface area (Å²) in [5.74, 6) is -0.662. The molecule has 64 valence electrons. The molecule has 0 aromatic heterocycles. The summed E-state index contributed by atoms with van der Waals surface area (Å²) in [5, 5.41) is 18.1. The molecule has 3 nitrogen and oxygen atoms in total. The van der Waals surface area contributed by atoms with E-state index in [1.165, 1.54) is 0 Å². The van der Waals surface area contributed by atoms with Crippen LogP contribution in [0.3, 0.4) is 0 Å². The van der Waals surface area contributed by atoms with E-state index >= 15 is 0 Å². The van der Waals surface area contributed by atoms with Crippen LogP contribution in [-0.2, 0) is 4.79 Å². The average molecular weight is 158 g/mol. The van der Waals surface area contributed by atoms with Gasteiger partial charge in [-0.2, -0.15) is 0 Å². The summed E-state index contributed by atoms with van der Waals surface area (Å²) in [7, 11) is 0. The van der Waals surface area contributed by atoms with Gasteiger partial charge in [-0.3, -0.25) is 0 Å². The van der Waals surface area contributed by atoms with Gasteiger partial charge < -0.3 is 10.2 Å². The van der Waals surface area contributed by atoms with Gasteiger partial charge in [0.1, 0.15) is 0 Å². The minimum absolute atomic E-state index is 0.399. The minimum Gasteiger partial charge on any atom is -0.479 e. The molecular weight excluding hydrogens is 144 g/mol. The molecule has 0 amide bonds. The fraction of sp³-hybridized carbons (Fsp3) is 0.875. The Morgan fingerprint density at radius 2 is 2.36 bits per heavy atom. The maximum atomic E-state index is 10.5. The Morgan fingerprint density at radius 1 is 1.73 bits per heavy atom. The van der Waals surface area contributed by atoms with Crippen molar-refractivity contribution in [3.05, 3.63) is 0 Å². The molecule has 2 atom stereocenters. The third-order valence-electron chi connectivity index (χ3n) is 2.57. The zero-order chi connectivity index (χ0) is 8.48. The Morgan fingerprint density at radius 3 is 2.64 bits per heavy atom. The molecule has 0 radical (unpaired) electrons. The Labute approximate surface area is 66.0 Å². The topological polar surface area (TPSA) is 57.5 Å². The average Bonchev–Trinajstić information content (AvgIpc) is 2.33. The fourth-order valence-corrected chi connectivity index (χ4v) is 1.67. The van der Waals surface area contributed by atoms with Gasteiger partial charge in [0, 0.05) is 0 Å². The molecular formula is C8H14O3. The van der Waals surface area contributed by atoms with Crippen molar-refractivity contribution in [1.82, 2.24) is 0 Å². The first-order valence-electron chi connectivity index (χ1n) is 4.04. The molecule has 0 bridgehead atoms. The highest BCUT2D eigenvalue weighted by Gasteiger charge is 2.42. The third kappa shape index (κ3) is 1.53. The lowest BCUT2D eigenvalue weighted by Crippen LogP contribution is -2.35. The van der Waals surface area contributed by atoms with Crippen LogP contribution in [0.4, 0.5) is 0 Å². The smallest absolute Gasteiger partial charge is 0.335 e. The number of hydrogen-bond acceptors (Lipinski definition) is 2. The quantitative estimate of drug-likeness (QED) is 0.630. The van der Waals surface area contributed by atoms with E-state index in [-0.39, 0.29) is 0 Å². The van der Waals surface area contributed by atoms with Gasteiger partial charge >= 0.3 is 5.97 Å². The molecule has 0 aliphatic heterocycles. The Hall–Kier alpha value is -0.570. The van der Waals surface area contributed by atoms with Gasteiger partial charge in [-0.1, -0.05) is 13.3 Å². The molecule has 0 spiro atoms. The van der Waals surface area contributed by atoms with Gasteiger partial charge in [-0.15, -0.1) is 0 Å². The molecule has 1 saturated carbocycles. The van der Waals surface area contributed by atoms with E-state index in [0.717, 1.165) is 12.8 Å². The molecule has 0 heterocycles. The van der Waals surface area contributed by atoms with Gasteiger partial charge in [-0.05, 0) is 25.2 Å². The van der Waals surface area contributed by atoms with Crippen LogP contribution < -0.4 is 0 Å². The summed E-state index contributed by atoms with van der Waals surface area (Å²) in [4.78, 5) is 10.5. The molecule has 0 unspecified atom stereocenters. The number of carbonyl (C=O) groups is 1. The highest BCUT2D eigenvalue weighted by Crippen LogP contribution is 2.36. The van der Waals surface area contributed by atoms with Crippen LogP contribution in [0.1, 0.15) is 32.6 Å². The van der Waals surface area contributed by atoms with E-state index in [1.54, 1.807) is 0 Å². The Bertz CT molecular complexity index is 167. The van der Waals surface area contributed by atoms with Gasteiger partial charge in [0.15, 0.2) is 5.60 Å². The molecule has 11 heavy (non-hydrogen) atoms. The van der Waals surface area contributed by atoms with E-state index in [1.807, 2.05) is 6.92 Å². The molecule has 1 aliphatic carbocycles. The van der Waals surface area contributed by atoms with Crippen LogP contribution in [0, 0.1) is 5.92 Å². The summed E-state index contributed by atoms with van der Waals surface area (Å²) in [6.45, 7) is 2.03. The molecule has 3 heteroatoms. The van der Waals surface area contributed by atoms with Crippen LogP contribution in [0.15, 0.2) is 0 Å². The fourth-order valence-electron chi connectivity index (χ4n) is 1.67. The largest absolute Gasteiger partial charge is 0.479 e. The summed E-state index contributed by atoms with van der Waals surface area (Å²) < 4.78 is 0. The molecule has 0 saturated heterocycles. The van der Waals surface area contributed by atoms with E-state index < -0.39 is 11.6 Å². The van der Waals surface area contributed by atoms with Crippen LogP contribution >= 0.6 is 0 Å². The summed E-state index contributed by atoms with van der Waals surface area (Å²) in [6, 6.07) is 0. The van der Waals surface area contributed by atoms with Crippen molar-refractivity contribution in [3.63, 3.8) is 0 Å². The van der Waals surface area contributed by atoms with Gasteiger partial charge in [0.2, 0.25) is 0 Å². The maximum Gasteiger partial charge on any atom is 0.335 e. The van der Waals surface area contributed by atoms with E-state index in [9.17, 15) is 9.90 Å².